The van der Waals surface area contributed by atoms with Gasteiger partial charge in [0.05, 0.1) is 18.8 Å². The van der Waals surface area contributed by atoms with Crippen molar-refractivity contribution in [1.82, 2.24) is 5.32 Å². The molecule has 3 amide bonds. The first-order valence-electron chi connectivity index (χ1n) is 8.48. The molecule has 7 nitrogen and oxygen atoms in total. The van der Waals surface area contributed by atoms with Crippen LogP contribution in [0.25, 0.3) is 11.0 Å². The second-order valence-corrected chi connectivity index (χ2v) is 6.10. The molecule has 1 heterocycles. The van der Waals surface area contributed by atoms with Crippen molar-refractivity contribution < 1.29 is 18.7 Å². The van der Waals surface area contributed by atoms with E-state index in [1.54, 1.807) is 18.2 Å². The van der Waals surface area contributed by atoms with E-state index in [-0.39, 0.29) is 11.9 Å². The van der Waals surface area contributed by atoms with Crippen molar-refractivity contribution in [3.63, 3.8) is 0 Å². The van der Waals surface area contributed by atoms with E-state index in [4.69, 9.17) is 9.15 Å². The van der Waals surface area contributed by atoms with Crippen LogP contribution < -0.4 is 20.7 Å². The predicted molar refractivity (Wildman–Crippen MR) is 104 cm³/mol. The number of methoxy groups -OCH3 is 1. The summed E-state index contributed by atoms with van der Waals surface area (Å²) in [5, 5.41) is 9.22. The molecular weight excluding hydrogens is 346 g/mol. The van der Waals surface area contributed by atoms with E-state index in [0.717, 1.165) is 11.0 Å². The maximum Gasteiger partial charge on any atom is 0.319 e. The van der Waals surface area contributed by atoms with Crippen LogP contribution in [0.1, 0.15) is 25.6 Å². The molecule has 0 saturated carbocycles. The quantitative estimate of drug-likeness (QED) is 0.627. The van der Waals surface area contributed by atoms with Crippen LogP contribution in [0.15, 0.2) is 52.9 Å². The third-order valence-electron chi connectivity index (χ3n) is 3.99. The summed E-state index contributed by atoms with van der Waals surface area (Å²) in [6.45, 7) is 3.25. The number of carbonyl (C=O) groups excluding carboxylic acids is 2. The largest absolute Gasteiger partial charge is 0.495 e. The molecule has 0 spiro atoms. The van der Waals surface area contributed by atoms with Gasteiger partial charge in [0.2, 0.25) is 5.91 Å². The van der Waals surface area contributed by atoms with Crippen LogP contribution in [-0.4, -0.2) is 19.0 Å². The van der Waals surface area contributed by atoms with Crippen molar-refractivity contribution in [2.75, 3.05) is 17.7 Å². The van der Waals surface area contributed by atoms with Gasteiger partial charge in [0, 0.05) is 18.0 Å². The van der Waals surface area contributed by atoms with Crippen molar-refractivity contribution in [1.29, 1.82) is 0 Å². The van der Waals surface area contributed by atoms with Crippen LogP contribution in [-0.2, 0) is 4.79 Å². The van der Waals surface area contributed by atoms with Crippen LogP contribution in [0.3, 0.4) is 0 Å². The van der Waals surface area contributed by atoms with Crippen molar-refractivity contribution in [3.05, 3.63) is 54.3 Å². The SMILES string of the molecule is COc1ccc(NC(C)=O)cc1NC(=O)NC(C)c1cc2ccccc2o1. The number of carbonyl (C=O) groups is 2. The number of anilines is 2. The van der Waals surface area contributed by atoms with E-state index in [0.29, 0.717) is 22.9 Å². The van der Waals surface area contributed by atoms with Gasteiger partial charge < -0.3 is 25.1 Å². The minimum absolute atomic E-state index is 0.200. The number of para-hydroxylation sites is 1. The summed E-state index contributed by atoms with van der Waals surface area (Å²) >= 11 is 0. The number of urea groups is 1. The lowest BCUT2D eigenvalue weighted by Crippen LogP contribution is -2.31. The van der Waals surface area contributed by atoms with Gasteiger partial charge in [-0.3, -0.25) is 4.79 Å². The minimum Gasteiger partial charge on any atom is -0.495 e. The number of ether oxygens (including phenoxy) is 1. The van der Waals surface area contributed by atoms with Gasteiger partial charge in [-0.15, -0.1) is 0 Å². The Labute approximate surface area is 156 Å². The number of benzene rings is 2. The molecule has 0 fully saturated rings. The van der Waals surface area contributed by atoms with Gasteiger partial charge in [-0.2, -0.15) is 0 Å². The zero-order valence-corrected chi connectivity index (χ0v) is 15.3. The second-order valence-electron chi connectivity index (χ2n) is 6.10. The first-order valence-corrected chi connectivity index (χ1v) is 8.48. The summed E-state index contributed by atoms with van der Waals surface area (Å²) in [5.74, 6) is 0.940. The first kappa shape index (κ1) is 18.3. The summed E-state index contributed by atoms with van der Waals surface area (Å²) in [6, 6.07) is 13.8. The lowest BCUT2D eigenvalue weighted by atomic mass is 10.2. The Kier molecular flexibility index (Phi) is 5.30. The molecule has 3 rings (SSSR count). The molecule has 0 aliphatic heterocycles. The van der Waals surface area contributed by atoms with Crippen LogP contribution >= 0.6 is 0 Å². The predicted octanol–water partition coefficient (Wildman–Crippen LogP) is 4.28. The van der Waals surface area contributed by atoms with Crippen LogP contribution in [0.4, 0.5) is 16.2 Å². The molecule has 0 aliphatic carbocycles. The van der Waals surface area contributed by atoms with Gasteiger partial charge in [-0.05, 0) is 37.3 Å². The molecule has 0 radical (unpaired) electrons. The lowest BCUT2D eigenvalue weighted by molar-refractivity contribution is -0.114. The molecule has 0 bridgehead atoms. The minimum atomic E-state index is -0.416. The van der Waals surface area contributed by atoms with Crippen molar-refractivity contribution in [2.24, 2.45) is 0 Å². The van der Waals surface area contributed by atoms with E-state index >= 15 is 0 Å². The Balaban J connectivity index is 1.71. The van der Waals surface area contributed by atoms with Crippen molar-refractivity contribution >= 4 is 34.3 Å². The third kappa shape index (κ3) is 4.38. The summed E-state index contributed by atoms with van der Waals surface area (Å²) in [4.78, 5) is 23.6. The molecule has 7 heteroatoms. The summed E-state index contributed by atoms with van der Waals surface area (Å²) in [6.07, 6.45) is 0. The van der Waals surface area contributed by atoms with Gasteiger partial charge in [-0.1, -0.05) is 18.2 Å². The number of nitrogens with one attached hydrogen (secondary N) is 3. The van der Waals surface area contributed by atoms with Crippen molar-refractivity contribution in [3.8, 4) is 5.75 Å². The van der Waals surface area contributed by atoms with E-state index < -0.39 is 6.03 Å². The van der Waals surface area contributed by atoms with E-state index in [1.807, 2.05) is 37.3 Å². The number of furan rings is 1. The number of fused-ring (bicyclic) bond motifs is 1. The fraction of sp³-hybridized carbons (Fsp3) is 0.200. The molecule has 3 aromatic rings. The normalized spacial score (nSPS) is 11.7. The van der Waals surface area contributed by atoms with Gasteiger partial charge in [-0.25, -0.2) is 4.79 Å². The molecule has 1 aromatic heterocycles. The zero-order chi connectivity index (χ0) is 19.4. The van der Waals surface area contributed by atoms with Crippen LogP contribution in [0.2, 0.25) is 0 Å². The van der Waals surface area contributed by atoms with Crippen LogP contribution in [0.5, 0.6) is 5.75 Å². The molecule has 27 heavy (non-hydrogen) atoms. The summed E-state index contributed by atoms with van der Waals surface area (Å²) in [7, 11) is 1.51. The van der Waals surface area contributed by atoms with Gasteiger partial charge in [0.25, 0.3) is 0 Å². The molecule has 1 atom stereocenters. The molecule has 2 aromatic carbocycles. The van der Waals surface area contributed by atoms with Crippen molar-refractivity contribution in [2.45, 2.75) is 19.9 Å². The van der Waals surface area contributed by atoms with E-state index in [1.165, 1.54) is 14.0 Å². The Morgan fingerprint density at radius 1 is 1.07 bits per heavy atom. The molecule has 3 N–H and O–H groups in total. The topological polar surface area (TPSA) is 92.6 Å². The van der Waals surface area contributed by atoms with Gasteiger partial charge in [0.1, 0.15) is 17.1 Å². The fourth-order valence-electron chi connectivity index (χ4n) is 2.73. The average molecular weight is 367 g/mol. The zero-order valence-electron chi connectivity index (χ0n) is 15.3. The second kappa shape index (κ2) is 7.82. The third-order valence-corrected chi connectivity index (χ3v) is 3.99. The Bertz CT molecular complexity index is 947. The van der Waals surface area contributed by atoms with Gasteiger partial charge in [0.15, 0.2) is 0 Å². The maximum atomic E-state index is 12.4. The number of hydrogen-bond acceptors (Lipinski definition) is 4. The first-order chi connectivity index (χ1) is 13.0. The highest BCUT2D eigenvalue weighted by Crippen LogP contribution is 2.28. The molecule has 140 valence electrons. The molecule has 0 saturated heterocycles. The molecule has 1 unspecified atom stereocenters. The smallest absolute Gasteiger partial charge is 0.319 e. The monoisotopic (exact) mass is 367 g/mol. The fourth-order valence-corrected chi connectivity index (χ4v) is 2.73. The summed E-state index contributed by atoms with van der Waals surface area (Å²) in [5.41, 5.74) is 1.77. The van der Waals surface area contributed by atoms with Crippen LogP contribution in [0, 0.1) is 0 Å². The highest BCUT2D eigenvalue weighted by molar-refractivity contribution is 5.94. The van der Waals surface area contributed by atoms with Gasteiger partial charge >= 0.3 is 6.03 Å². The lowest BCUT2D eigenvalue weighted by Gasteiger charge is -2.15. The number of rotatable bonds is 5. The highest BCUT2D eigenvalue weighted by Gasteiger charge is 2.15. The standard InChI is InChI=1S/C20H21N3O4/c1-12(19-10-14-6-4-5-7-17(14)27-19)21-20(25)23-16-11-15(22-13(2)24)8-9-18(16)26-3/h4-12H,1-3H3,(H,22,24)(H2,21,23,25). The number of hydrogen-bond donors (Lipinski definition) is 3. The molecule has 0 aliphatic rings. The Hall–Kier alpha value is -3.48. The number of amides is 3. The Morgan fingerprint density at radius 3 is 2.56 bits per heavy atom. The van der Waals surface area contributed by atoms with E-state index in [2.05, 4.69) is 16.0 Å². The summed E-state index contributed by atoms with van der Waals surface area (Å²) < 4.78 is 11.0. The highest BCUT2D eigenvalue weighted by atomic mass is 16.5. The maximum absolute atomic E-state index is 12.4. The average Bonchev–Trinajstić information content (AvgIpc) is 3.05. The Morgan fingerprint density at radius 2 is 1.85 bits per heavy atom. The molecular formula is C20H21N3O4. The van der Waals surface area contributed by atoms with E-state index in [9.17, 15) is 9.59 Å².